The van der Waals surface area contributed by atoms with Gasteiger partial charge in [-0.15, -0.1) is 0 Å². The number of aromatic nitrogens is 1. The van der Waals surface area contributed by atoms with Gasteiger partial charge in [-0.3, -0.25) is 9.98 Å². The molecular formula is C43H28N4O. The van der Waals surface area contributed by atoms with E-state index < -0.39 is 0 Å². The summed E-state index contributed by atoms with van der Waals surface area (Å²) in [4.78, 5) is 9.75. The Kier molecular flexibility index (Phi) is 6.54. The number of rotatable bonds is 3. The van der Waals surface area contributed by atoms with Gasteiger partial charge < -0.3 is 4.42 Å². The van der Waals surface area contributed by atoms with Gasteiger partial charge >= 0.3 is 0 Å². The van der Waals surface area contributed by atoms with Crippen molar-refractivity contribution in [3.05, 3.63) is 169 Å². The van der Waals surface area contributed by atoms with E-state index in [1.165, 1.54) is 16.3 Å². The number of benzene rings is 7. The summed E-state index contributed by atoms with van der Waals surface area (Å²) in [6, 6.07) is 53.4. The molecule has 0 aliphatic rings. The van der Waals surface area contributed by atoms with Crippen LogP contribution in [0.1, 0.15) is 11.1 Å². The maximum atomic E-state index is 9.29. The van der Waals surface area contributed by atoms with E-state index in [2.05, 4.69) is 66.7 Å². The molecule has 0 spiro atoms. The first-order valence-electron chi connectivity index (χ1n) is 15.9. The van der Waals surface area contributed by atoms with Gasteiger partial charge in [-0.2, -0.15) is 4.99 Å². The Morgan fingerprint density at radius 2 is 1.21 bits per heavy atom. The molecule has 9 rings (SSSR count). The summed E-state index contributed by atoms with van der Waals surface area (Å²) in [7, 11) is 0. The van der Waals surface area contributed by atoms with Crippen LogP contribution in [0.4, 0.5) is 0 Å². The Balaban J connectivity index is 1.21. The van der Waals surface area contributed by atoms with E-state index in [-0.39, 0.29) is 5.96 Å². The predicted molar refractivity (Wildman–Crippen MR) is 200 cm³/mol. The standard InChI is InChI=1S/C43H28N4O/c44-43(47-37-21-8-6-17-33(37)34-18-7-9-22-38(34)47)46-42(45-27-28-12-2-1-3-13-28)30-24-25-36-40(26-30)48-39-23-11-20-35(41(36)39)32-19-10-15-29-14-4-5-16-31(29)32/h1-27,44H. The third kappa shape index (κ3) is 4.60. The van der Waals surface area contributed by atoms with Crippen molar-refractivity contribution in [2.75, 3.05) is 0 Å². The van der Waals surface area contributed by atoms with Gasteiger partial charge in [0, 0.05) is 33.3 Å². The average molecular weight is 617 g/mol. The summed E-state index contributed by atoms with van der Waals surface area (Å²) in [6.45, 7) is 0. The highest BCUT2D eigenvalue weighted by Gasteiger charge is 2.17. The molecule has 0 atom stereocenters. The zero-order valence-electron chi connectivity index (χ0n) is 25.8. The van der Waals surface area contributed by atoms with Crippen LogP contribution in [0.5, 0.6) is 0 Å². The number of furan rings is 1. The molecule has 0 bridgehead atoms. The van der Waals surface area contributed by atoms with Gasteiger partial charge in [0.2, 0.25) is 5.96 Å². The number of aliphatic imine (C=N–C) groups is 2. The van der Waals surface area contributed by atoms with E-state index >= 15 is 0 Å². The number of nitrogens with zero attached hydrogens (tertiary/aromatic N) is 3. The monoisotopic (exact) mass is 616 g/mol. The van der Waals surface area contributed by atoms with Gasteiger partial charge in [0.05, 0.1) is 11.0 Å². The second-order valence-corrected chi connectivity index (χ2v) is 11.8. The molecule has 0 saturated heterocycles. The van der Waals surface area contributed by atoms with Gasteiger partial charge in [0.1, 0.15) is 11.2 Å². The zero-order valence-corrected chi connectivity index (χ0v) is 25.8. The Labute approximate surface area is 276 Å². The van der Waals surface area contributed by atoms with E-state index in [1.807, 2.05) is 95.6 Å². The second-order valence-electron chi connectivity index (χ2n) is 11.8. The average Bonchev–Trinajstić information content (AvgIpc) is 3.69. The van der Waals surface area contributed by atoms with Crippen LogP contribution < -0.4 is 0 Å². The molecule has 5 nitrogen and oxygen atoms in total. The van der Waals surface area contributed by atoms with Gasteiger partial charge in [0.25, 0.3) is 0 Å². The lowest BCUT2D eigenvalue weighted by Gasteiger charge is -2.09. The van der Waals surface area contributed by atoms with Crippen LogP contribution in [0.2, 0.25) is 0 Å². The molecule has 9 aromatic rings. The van der Waals surface area contributed by atoms with E-state index in [9.17, 15) is 5.41 Å². The molecule has 0 fully saturated rings. The molecule has 2 aromatic heterocycles. The maximum Gasteiger partial charge on any atom is 0.229 e. The first kappa shape index (κ1) is 27.7. The number of hydrogen-bond donors (Lipinski definition) is 1. The third-order valence-electron chi connectivity index (χ3n) is 8.97. The predicted octanol–water partition coefficient (Wildman–Crippen LogP) is 10.9. The third-order valence-corrected chi connectivity index (χ3v) is 8.97. The summed E-state index contributed by atoms with van der Waals surface area (Å²) in [6.07, 6.45) is 1.79. The Bertz CT molecular complexity index is 2690. The fraction of sp³-hybridized carbons (Fsp3) is 0. The van der Waals surface area contributed by atoms with E-state index in [0.29, 0.717) is 5.84 Å². The van der Waals surface area contributed by atoms with Crippen LogP contribution in [-0.4, -0.2) is 22.6 Å². The van der Waals surface area contributed by atoms with Crippen molar-refractivity contribution in [1.82, 2.24) is 4.57 Å². The summed E-state index contributed by atoms with van der Waals surface area (Å²) in [5.41, 5.74) is 7.39. The highest BCUT2D eigenvalue weighted by atomic mass is 16.3. The molecule has 0 radical (unpaired) electrons. The van der Waals surface area contributed by atoms with Gasteiger partial charge in [-0.1, -0.05) is 127 Å². The van der Waals surface area contributed by atoms with Crippen LogP contribution in [-0.2, 0) is 0 Å². The molecule has 1 N–H and O–H groups in total. The summed E-state index contributed by atoms with van der Waals surface area (Å²) in [5.74, 6) is 0.498. The fourth-order valence-corrected chi connectivity index (χ4v) is 6.79. The summed E-state index contributed by atoms with van der Waals surface area (Å²) < 4.78 is 8.39. The Morgan fingerprint density at radius 3 is 2.00 bits per heavy atom. The lowest BCUT2D eigenvalue weighted by atomic mass is 9.94. The van der Waals surface area contributed by atoms with Crippen molar-refractivity contribution < 1.29 is 4.42 Å². The topological polar surface area (TPSA) is 66.6 Å². The highest BCUT2D eigenvalue weighted by molar-refractivity contribution is 6.19. The molecule has 226 valence electrons. The minimum atomic E-state index is 0.0792. The summed E-state index contributed by atoms with van der Waals surface area (Å²) >= 11 is 0. The van der Waals surface area contributed by atoms with Crippen LogP contribution in [0, 0.1) is 5.41 Å². The minimum Gasteiger partial charge on any atom is -0.456 e. The summed E-state index contributed by atoms with van der Waals surface area (Å²) in [5, 5.41) is 15.9. The number of amidine groups is 1. The van der Waals surface area contributed by atoms with Crippen molar-refractivity contribution in [2.24, 2.45) is 9.98 Å². The molecule has 7 aromatic carbocycles. The lowest BCUT2D eigenvalue weighted by molar-refractivity contribution is 0.669. The van der Waals surface area contributed by atoms with Gasteiger partial charge in [-0.05, 0) is 57.8 Å². The molecule has 0 aliphatic heterocycles. The number of hydrogen-bond acceptors (Lipinski definition) is 2. The molecule has 5 heteroatoms. The maximum absolute atomic E-state index is 9.29. The first-order chi connectivity index (χ1) is 23.7. The molecule has 48 heavy (non-hydrogen) atoms. The van der Waals surface area contributed by atoms with Crippen LogP contribution in [0.25, 0.3) is 65.6 Å². The van der Waals surface area contributed by atoms with Crippen molar-refractivity contribution >= 4 is 72.5 Å². The van der Waals surface area contributed by atoms with E-state index in [1.54, 1.807) is 6.21 Å². The number of fused-ring (bicyclic) bond motifs is 7. The molecule has 0 saturated carbocycles. The molecule has 0 unspecified atom stereocenters. The lowest BCUT2D eigenvalue weighted by Crippen LogP contribution is -2.11. The highest BCUT2D eigenvalue weighted by Crippen LogP contribution is 2.39. The van der Waals surface area contributed by atoms with Crippen molar-refractivity contribution in [1.29, 1.82) is 5.41 Å². The Hall–Kier alpha value is -6.59. The second kappa shape index (κ2) is 11.3. The fourth-order valence-electron chi connectivity index (χ4n) is 6.79. The molecule has 0 amide bonds. The molecular weight excluding hydrogens is 589 g/mol. The largest absolute Gasteiger partial charge is 0.456 e. The molecule has 2 heterocycles. The normalized spacial score (nSPS) is 12.3. The van der Waals surface area contributed by atoms with Crippen LogP contribution in [0.15, 0.2) is 172 Å². The SMILES string of the molecule is N=C(N=C(N=Cc1ccccc1)c1ccc2c(c1)oc1cccc(-c3cccc4ccccc34)c12)n1c2ccccc2c2ccccc21. The van der Waals surface area contributed by atoms with E-state index in [4.69, 9.17) is 14.4 Å². The van der Waals surface area contributed by atoms with Crippen molar-refractivity contribution in [3.8, 4) is 11.1 Å². The minimum absolute atomic E-state index is 0.0792. The molecule has 0 aliphatic carbocycles. The van der Waals surface area contributed by atoms with Gasteiger partial charge in [-0.25, -0.2) is 4.99 Å². The van der Waals surface area contributed by atoms with Crippen LogP contribution >= 0.6 is 0 Å². The number of para-hydroxylation sites is 2. The first-order valence-corrected chi connectivity index (χ1v) is 15.9. The zero-order chi connectivity index (χ0) is 32.0. The number of nitrogens with one attached hydrogen (secondary N) is 1. The smallest absolute Gasteiger partial charge is 0.229 e. The van der Waals surface area contributed by atoms with E-state index in [0.717, 1.165) is 60.4 Å². The quantitative estimate of drug-likeness (QED) is 0.156. The van der Waals surface area contributed by atoms with Crippen molar-refractivity contribution in [2.45, 2.75) is 0 Å². The van der Waals surface area contributed by atoms with Crippen LogP contribution in [0.3, 0.4) is 0 Å². The van der Waals surface area contributed by atoms with Crippen molar-refractivity contribution in [3.63, 3.8) is 0 Å². The Morgan fingerprint density at radius 1 is 0.562 bits per heavy atom. The van der Waals surface area contributed by atoms with Gasteiger partial charge in [0.15, 0.2) is 5.84 Å².